The smallest absolute Gasteiger partial charge is 0.313 e. The van der Waals surface area contributed by atoms with Crippen molar-refractivity contribution in [3.05, 3.63) is 35.9 Å². The van der Waals surface area contributed by atoms with Crippen LogP contribution in [0.3, 0.4) is 0 Å². The number of carbonyl (C=O) groups is 3. The second-order valence-electron chi connectivity index (χ2n) is 3.45. The Morgan fingerprint density at radius 2 is 1.72 bits per heavy atom. The number of esters is 1. The molecule has 0 aliphatic heterocycles. The normalized spacial score (nSPS) is 10.8. The van der Waals surface area contributed by atoms with Crippen molar-refractivity contribution in [2.45, 2.75) is 10.8 Å². The largest absolute Gasteiger partial charge is 0.469 e. The van der Waals surface area contributed by atoms with Gasteiger partial charge in [-0.1, -0.05) is 53.5 Å². The van der Waals surface area contributed by atoms with Gasteiger partial charge in [-0.25, -0.2) is 0 Å². The molecule has 4 nitrogen and oxygen atoms in total. The Kier molecular flexibility index (Phi) is 4.87. The number of carbonyl (C=O) groups excluding carboxylic acids is 3. The Labute approximate surface area is 114 Å². The summed E-state index contributed by atoms with van der Waals surface area (Å²) in [5.74, 6) is -2.47. The SMILES string of the molecule is COC(=O)CC(=O)C(Cl)(Cl)C(=O)c1ccccc1. The molecule has 0 aromatic heterocycles. The molecule has 0 aliphatic rings. The molecule has 1 aromatic carbocycles. The van der Waals surface area contributed by atoms with Gasteiger partial charge in [-0.15, -0.1) is 0 Å². The van der Waals surface area contributed by atoms with Crippen molar-refractivity contribution in [3.8, 4) is 0 Å². The monoisotopic (exact) mass is 288 g/mol. The molecule has 0 saturated carbocycles. The van der Waals surface area contributed by atoms with E-state index in [2.05, 4.69) is 4.74 Å². The first kappa shape index (κ1) is 14.7. The lowest BCUT2D eigenvalue weighted by Crippen LogP contribution is -2.37. The standard InChI is InChI=1S/C12H10Cl2O4/c1-18-10(16)7-9(15)12(13,14)11(17)8-5-3-2-4-6-8/h2-6H,7H2,1H3. The molecule has 0 heterocycles. The van der Waals surface area contributed by atoms with Gasteiger partial charge in [0.25, 0.3) is 0 Å². The van der Waals surface area contributed by atoms with Crippen LogP contribution in [0, 0.1) is 0 Å². The fourth-order valence-electron chi connectivity index (χ4n) is 1.21. The molecule has 0 spiro atoms. The zero-order chi connectivity index (χ0) is 13.8. The quantitative estimate of drug-likeness (QED) is 0.361. The van der Waals surface area contributed by atoms with Crippen molar-refractivity contribution in [1.29, 1.82) is 0 Å². The zero-order valence-electron chi connectivity index (χ0n) is 9.48. The number of hydrogen-bond donors (Lipinski definition) is 0. The summed E-state index contributed by atoms with van der Waals surface area (Å²) in [5.41, 5.74) is 0.195. The highest BCUT2D eigenvalue weighted by Gasteiger charge is 2.42. The maximum atomic E-state index is 11.9. The summed E-state index contributed by atoms with van der Waals surface area (Å²) in [4.78, 5) is 34.6. The molecule has 0 unspecified atom stereocenters. The predicted octanol–water partition coefficient (Wildman–Crippen LogP) is 2.18. The Hall–Kier alpha value is -1.39. The van der Waals surface area contributed by atoms with Crippen LogP contribution in [0.4, 0.5) is 0 Å². The van der Waals surface area contributed by atoms with Gasteiger partial charge in [0.05, 0.1) is 7.11 Å². The number of ketones is 2. The van der Waals surface area contributed by atoms with Crippen molar-refractivity contribution in [3.63, 3.8) is 0 Å². The lowest BCUT2D eigenvalue weighted by atomic mass is 10.0. The number of ether oxygens (including phenoxy) is 1. The van der Waals surface area contributed by atoms with Crippen molar-refractivity contribution in [2.24, 2.45) is 0 Å². The Balaban J connectivity index is 2.89. The minimum absolute atomic E-state index is 0.195. The molecular weight excluding hydrogens is 279 g/mol. The highest BCUT2D eigenvalue weighted by molar-refractivity contribution is 6.69. The maximum Gasteiger partial charge on any atom is 0.313 e. The molecule has 96 valence electrons. The second kappa shape index (κ2) is 5.98. The van der Waals surface area contributed by atoms with Gasteiger partial charge < -0.3 is 4.74 Å². The first-order chi connectivity index (χ1) is 8.39. The molecule has 0 aliphatic carbocycles. The average Bonchev–Trinajstić information content (AvgIpc) is 2.38. The third kappa shape index (κ3) is 3.31. The van der Waals surface area contributed by atoms with E-state index in [1.807, 2.05) is 0 Å². The molecule has 0 amide bonds. The summed E-state index contributed by atoms with van der Waals surface area (Å²) in [6, 6.07) is 7.89. The number of hydrogen-bond acceptors (Lipinski definition) is 4. The highest BCUT2D eigenvalue weighted by atomic mass is 35.5. The van der Waals surface area contributed by atoms with Crippen LogP contribution < -0.4 is 0 Å². The van der Waals surface area contributed by atoms with Crippen LogP contribution in [0.25, 0.3) is 0 Å². The van der Waals surface area contributed by atoms with Crippen LogP contribution >= 0.6 is 23.2 Å². The van der Waals surface area contributed by atoms with E-state index in [0.717, 1.165) is 7.11 Å². The fourth-order valence-corrected chi connectivity index (χ4v) is 1.56. The number of Topliss-reactive ketones (excluding diaryl/α,β-unsaturated/α-hetero) is 2. The Morgan fingerprint density at radius 1 is 1.17 bits per heavy atom. The summed E-state index contributed by atoms with van der Waals surface area (Å²) < 4.78 is 2.03. The first-order valence-electron chi connectivity index (χ1n) is 4.97. The Bertz CT molecular complexity index is 468. The number of alkyl halides is 2. The molecule has 1 aromatic rings. The highest BCUT2D eigenvalue weighted by Crippen LogP contribution is 2.28. The number of benzene rings is 1. The van der Waals surface area contributed by atoms with Crippen LogP contribution in [0.1, 0.15) is 16.8 Å². The molecule has 1 rings (SSSR count). The topological polar surface area (TPSA) is 60.4 Å². The van der Waals surface area contributed by atoms with Crippen LogP contribution in [-0.4, -0.2) is 29.0 Å². The minimum Gasteiger partial charge on any atom is -0.469 e. The van der Waals surface area contributed by atoms with E-state index in [9.17, 15) is 14.4 Å². The van der Waals surface area contributed by atoms with Crippen molar-refractivity contribution >= 4 is 40.7 Å². The minimum atomic E-state index is -2.28. The summed E-state index contributed by atoms with van der Waals surface area (Å²) in [6.45, 7) is 0. The van der Waals surface area contributed by atoms with E-state index >= 15 is 0 Å². The van der Waals surface area contributed by atoms with Gasteiger partial charge in [-0.05, 0) is 0 Å². The molecule has 0 radical (unpaired) electrons. The van der Waals surface area contributed by atoms with Crippen molar-refractivity contribution in [2.75, 3.05) is 7.11 Å². The molecule has 6 heteroatoms. The van der Waals surface area contributed by atoms with Crippen LogP contribution in [0.2, 0.25) is 0 Å². The van der Waals surface area contributed by atoms with Gasteiger partial charge in [-0.3, -0.25) is 14.4 Å². The van der Waals surface area contributed by atoms with Gasteiger partial charge >= 0.3 is 5.97 Å². The molecule has 18 heavy (non-hydrogen) atoms. The molecule has 0 N–H and O–H groups in total. The lowest BCUT2D eigenvalue weighted by molar-refractivity contribution is -0.143. The number of methoxy groups -OCH3 is 1. The van der Waals surface area contributed by atoms with Gasteiger partial charge in [0.1, 0.15) is 6.42 Å². The van der Waals surface area contributed by atoms with E-state index in [1.54, 1.807) is 18.2 Å². The van der Waals surface area contributed by atoms with Gasteiger partial charge in [-0.2, -0.15) is 0 Å². The molecule has 0 bridgehead atoms. The van der Waals surface area contributed by atoms with E-state index in [-0.39, 0.29) is 5.56 Å². The second-order valence-corrected chi connectivity index (χ2v) is 4.77. The summed E-state index contributed by atoms with van der Waals surface area (Å²) in [6.07, 6.45) is -0.651. The van der Waals surface area contributed by atoms with E-state index in [0.29, 0.717) is 0 Å². The van der Waals surface area contributed by atoms with Crippen molar-refractivity contribution in [1.82, 2.24) is 0 Å². The maximum absolute atomic E-state index is 11.9. The van der Waals surface area contributed by atoms with Gasteiger partial charge in [0, 0.05) is 5.56 Å². The molecule has 0 fully saturated rings. The average molecular weight is 289 g/mol. The lowest BCUT2D eigenvalue weighted by Gasteiger charge is -2.16. The van der Waals surface area contributed by atoms with Crippen LogP contribution in [0.15, 0.2) is 30.3 Å². The van der Waals surface area contributed by atoms with E-state index in [1.165, 1.54) is 12.1 Å². The van der Waals surface area contributed by atoms with Crippen LogP contribution in [0.5, 0.6) is 0 Å². The van der Waals surface area contributed by atoms with Gasteiger partial charge in [0.15, 0.2) is 5.78 Å². The summed E-state index contributed by atoms with van der Waals surface area (Å²) in [5, 5.41) is 0. The first-order valence-corrected chi connectivity index (χ1v) is 5.73. The zero-order valence-corrected chi connectivity index (χ0v) is 11.0. The van der Waals surface area contributed by atoms with E-state index in [4.69, 9.17) is 23.2 Å². The molecular formula is C12H10Cl2O4. The summed E-state index contributed by atoms with van der Waals surface area (Å²) in [7, 11) is 1.12. The van der Waals surface area contributed by atoms with Crippen molar-refractivity contribution < 1.29 is 19.1 Å². The van der Waals surface area contributed by atoms with Gasteiger partial charge in [0.2, 0.25) is 10.1 Å². The summed E-state index contributed by atoms with van der Waals surface area (Å²) >= 11 is 11.5. The third-order valence-corrected chi connectivity index (χ3v) is 2.97. The molecule has 0 atom stereocenters. The molecule has 0 saturated heterocycles. The van der Waals surface area contributed by atoms with E-state index < -0.39 is 28.3 Å². The Morgan fingerprint density at radius 3 is 2.22 bits per heavy atom. The number of rotatable bonds is 5. The third-order valence-electron chi connectivity index (χ3n) is 2.20. The van der Waals surface area contributed by atoms with Crippen LogP contribution in [-0.2, 0) is 14.3 Å². The number of halogens is 2. The fraction of sp³-hybridized carbons (Fsp3) is 0.250. The predicted molar refractivity (Wildman–Crippen MR) is 66.8 cm³/mol.